The number of methoxy groups -OCH3 is 3. The van der Waals surface area contributed by atoms with Crippen LogP contribution < -0.4 is 25.3 Å². The summed E-state index contributed by atoms with van der Waals surface area (Å²) in [5.74, 6) is 1.54. The van der Waals surface area contributed by atoms with Crippen LogP contribution in [0.5, 0.6) is 17.2 Å². The van der Waals surface area contributed by atoms with Gasteiger partial charge in [0.25, 0.3) is 0 Å². The number of ether oxygens (including phenoxy) is 3. The molecule has 19 heavy (non-hydrogen) atoms. The van der Waals surface area contributed by atoms with Crippen molar-refractivity contribution in [3.8, 4) is 17.2 Å². The zero-order valence-corrected chi connectivity index (χ0v) is 11.4. The third-order valence-electron chi connectivity index (χ3n) is 3.47. The van der Waals surface area contributed by atoms with Crippen LogP contribution in [0.25, 0.3) is 0 Å². The van der Waals surface area contributed by atoms with Gasteiger partial charge in [-0.2, -0.15) is 0 Å². The fourth-order valence-corrected chi connectivity index (χ4v) is 2.40. The zero-order valence-electron chi connectivity index (χ0n) is 11.4. The molecule has 2 rings (SSSR count). The average molecular weight is 268 g/mol. The van der Waals surface area contributed by atoms with E-state index >= 15 is 0 Å². The first-order valence-electron chi connectivity index (χ1n) is 6.12. The lowest BCUT2D eigenvalue weighted by molar-refractivity contribution is 0.113. The number of anilines is 1. The van der Waals surface area contributed by atoms with E-state index in [1.165, 1.54) is 0 Å². The molecule has 1 aliphatic heterocycles. The molecule has 0 bridgehead atoms. The summed E-state index contributed by atoms with van der Waals surface area (Å²) in [6.07, 6.45) is -0.644. The summed E-state index contributed by atoms with van der Waals surface area (Å²) < 4.78 is 16.0. The van der Waals surface area contributed by atoms with Crippen LogP contribution in [-0.4, -0.2) is 39.5 Å². The molecule has 1 aliphatic rings. The van der Waals surface area contributed by atoms with Gasteiger partial charge in [-0.15, -0.1) is 0 Å². The molecule has 1 aromatic rings. The van der Waals surface area contributed by atoms with Crippen molar-refractivity contribution in [2.45, 2.75) is 6.10 Å². The summed E-state index contributed by atoms with van der Waals surface area (Å²) in [5.41, 5.74) is 7.11. The van der Waals surface area contributed by atoms with Crippen molar-refractivity contribution >= 4 is 5.69 Å². The Balaban J connectivity index is 2.59. The van der Waals surface area contributed by atoms with E-state index in [0.717, 1.165) is 11.3 Å². The highest BCUT2D eigenvalue weighted by Crippen LogP contribution is 2.49. The van der Waals surface area contributed by atoms with Gasteiger partial charge in [0.1, 0.15) is 0 Å². The number of rotatable bonds is 4. The SMILES string of the molecule is COc1cc2c(c(OC)c1OC)NC[C@H](CN)[C@@H]2O. The first-order valence-corrected chi connectivity index (χ1v) is 6.12. The maximum absolute atomic E-state index is 10.4. The van der Waals surface area contributed by atoms with Gasteiger partial charge in [0.15, 0.2) is 11.5 Å². The zero-order chi connectivity index (χ0) is 14.0. The smallest absolute Gasteiger partial charge is 0.205 e. The van der Waals surface area contributed by atoms with Crippen LogP contribution in [0.2, 0.25) is 0 Å². The van der Waals surface area contributed by atoms with Crippen molar-refractivity contribution in [1.82, 2.24) is 0 Å². The quantitative estimate of drug-likeness (QED) is 0.747. The minimum Gasteiger partial charge on any atom is -0.493 e. The van der Waals surface area contributed by atoms with E-state index in [2.05, 4.69) is 5.32 Å². The molecule has 6 nitrogen and oxygen atoms in total. The van der Waals surface area contributed by atoms with Gasteiger partial charge < -0.3 is 30.4 Å². The number of aliphatic hydroxyl groups excluding tert-OH is 1. The van der Waals surface area contributed by atoms with Crippen molar-refractivity contribution in [2.75, 3.05) is 39.7 Å². The highest BCUT2D eigenvalue weighted by atomic mass is 16.5. The summed E-state index contributed by atoms with van der Waals surface area (Å²) >= 11 is 0. The molecule has 1 aromatic carbocycles. The van der Waals surface area contributed by atoms with Gasteiger partial charge >= 0.3 is 0 Å². The molecule has 6 heteroatoms. The highest BCUT2D eigenvalue weighted by Gasteiger charge is 2.32. The number of nitrogens with two attached hydrogens (primary N) is 1. The molecule has 0 aromatic heterocycles. The average Bonchev–Trinajstić information content (AvgIpc) is 2.45. The number of benzene rings is 1. The van der Waals surface area contributed by atoms with Crippen LogP contribution in [0.3, 0.4) is 0 Å². The van der Waals surface area contributed by atoms with E-state index in [1.54, 1.807) is 27.4 Å². The summed E-state index contributed by atoms with van der Waals surface area (Å²) in [5, 5.41) is 13.6. The number of fused-ring (bicyclic) bond motifs is 1. The van der Waals surface area contributed by atoms with Gasteiger partial charge in [0.05, 0.1) is 33.1 Å². The lowest BCUT2D eigenvalue weighted by Gasteiger charge is -2.32. The van der Waals surface area contributed by atoms with E-state index in [1.807, 2.05) is 0 Å². The molecule has 106 valence electrons. The normalized spacial score (nSPS) is 21.3. The largest absolute Gasteiger partial charge is 0.493 e. The number of nitrogens with one attached hydrogen (secondary N) is 1. The van der Waals surface area contributed by atoms with Crippen molar-refractivity contribution in [3.05, 3.63) is 11.6 Å². The molecule has 0 aliphatic carbocycles. The number of hydrogen-bond acceptors (Lipinski definition) is 6. The standard InChI is InChI=1S/C13H20N2O4/c1-17-9-4-8-10(13(19-3)12(9)18-2)15-6-7(5-14)11(8)16/h4,7,11,15-16H,5-6,14H2,1-3H3/t7-,11-/m0/s1. The second kappa shape index (κ2) is 5.54. The van der Waals surface area contributed by atoms with Gasteiger partial charge in [0.2, 0.25) is 5.75 Å². The molecule has 0 saturated heterocycles. The third-order valence-corrected chi connectivity index (χ3v) is 3.47. The summed E-state index contributed by atoms with van der Waals surface area (Å²) in [4.78, 5) is 0. The third kappa shape index (κ3) is 2.17. The van der Waals surface area contributed by atoms with E-state index in [-0.39, 0.29) is 5.92 Å². The lowest BCUT2D eigenvalue weighted by atomic mass is 9.90. The fourth-order valence-electron chi connectivity index (χ4n) is 2.40. The van der Waals surface area contributed by atoms with E-state index < -0.39 is 6.10 Å². The molecular formula is C13H20N2O4. The maximum Gasteiger partial charge on any atom is 0.205 e. The van der Waals surface area contributed by atoms with Gasteiger partial charge in [-0.25, -0.2) is 0 Å². The van der Waals surface area contributed by atoms with Crippen LogP contribution >= 0.6 is 0 Å². The van der Waals surface area contributed by atoms with Gasteiger partial charge in [-0.05, 0) is 12.6 Å². The molecule has 2 atom stereocenters. The second-order valence-electron chi connectivity index (χ2n) is 4.43. The fraction of sp³-hybridized carbons (Fsp3) is 0.538. The first kappa shape index (κ1) is 13.8. The Hall–Kier alpha value is -1.66. The number of aliphatic hydroxyl groups is 1. The Bertz CT molecular complexity index is 464. The Morgan fingerprint density at radius 2 is 1.95 bits per heavy atom. The summed E-state index contributed by atoms with van der Waals surface area (Å²) in [6, 6.07) is 1.76. The Morgan fingerprint density at radius 1 is 1.26 bits per heavy atom. The highest BCUT2D eigenvalue weighted by molar-refractivity contribution is 5.73. The topological polar surface area (TPSA) is 86.0 Å². The van der Waals surface area contributed by atoms with Crippen LogP contribution in [0.4, 0.5) is 5.69 Å². The molecule has 0 spiro atoms. The molecule has 0 saturated carbocycles. The Kier molecular flexibility index (Phi) is 4.01. The lowest BCUT2D eigenvalue weighted by Crippen LogP contribution is -2.33. The molecular weight excluding hydrogens is 248 g/mol. The van der Waals surface area contributed by atoms with Crippen molar-refractivity contribution in [3.63, 3.8) is 0 Å². The minimum atomic E-state index is -0.644. The van der Waals surface area contributed by atoms with E-state index in [0.29, 0.717) is 30.3 Å². The first-order chi connectivity index (χ1) is 9.17. The van der Waals surface area contributed by atoms with Crippen molar-refractivity contribution < 1.29 is 19.3 Å². The molecule has 1 heterocycles. The monoisotopic (exact) mass is 268 g/mol. The maximum atomic E-state index is 10.4. The van der Waals surface area contributed by atoms with Crippen LogP contribution in [-0.2, 0) is 0 Å². The molecule has 0 radical (unpaired) electrons. The Morgan fingerprint density at radius 3 is 2.47 bits per heavy atom. The van der Waals surface area contributed by atoms with Crippen LogP contribution in [0.1, 0.15) is 11.7 Å². The molecule has 0 amide bonds. The van der Waals surface area contributed by atoms with Gasteiger partial charge in [0, 0.05) is 18.0 Å². The predicted octanol–water partition coefficient (Wildman–Crippen LogP) is 0.746. The molecule has 0 unspecified atom stereocenters. The van der Waals surface area contributed by atoms with Gasteiger partial charge in [-0.1, -0.05) is 0 Å². The predicted molar refractivity (Wildman–Crippen MR) is 72.1 cm³/mol. The van der Waals surface area contributed by atoms with Gasteiger partial charge in [-0.3, -0.25) is 0 Å². The van der Waals surface area contributed by atoms with Crippen molar-refractivity contribution in [1.29, 1.82) is 0 Å². The van der Waals surface area contributed by atoms with E-state index in [9.17, 15) is 5.11 Å². The molecule has 0 fully saturated rings. The summed E-state index contributed by atoms with van der Waals surface area (Å²) in [6.45, 7) is 1.00. The van der Waals surface area contributed by atoms with Crippen molar-refractivity contribution in [2.24, 2.45) is 11.7 Å². The second-order valence-corrected chi connectivity index (χ2v) is 4.43. The minimum absolute atomic E-state index is 0.0321. The summed E-state index contributed by atoms with van der Waals surface area (Å²) in [7, 11) is 4.65. The van der Waals surface area contributed by atoms with Crippen LogP contribution in [0, 0.1) is 5.92 Å². The van der Waals surface area contributed by atoms with E-state index in [4.69, 9.17) is 19.9 Å². The number of hydrogen-bond donors (Lipinski definition) is 3. The Labute approximate surface area is 112 Å². The molecule has 4 N–H and O–H groups in total. The van der Waals surface area contributed by atoms with Crippen LogP contribution in [0.15, 0.2) is 6.07 Å².